The molecule has 1 aliphatic heterocycles. The molecule has 1 aliphatic rings. The highest BCUT2D eigenvalue weighted by Crippen LogP contribution is 2.22. The van der Waals surface area contributed by atoms with Gasteiger partial charge in [-0.05, 0) is 31.7 Å². The molecule has 2 atom stereocenters. The van der Waals surface area contributed by atoms with Gasteiger partial charge in [-0.3, -0.25) is 9.78 Å². The van der Waals surface area contributed by atoms with Crippen LogP contribution in [0.25, 0.3) is 0 Å². The maximum atomic E-state index is 12.7. The van der Waals surface area contributed by atoms with Crippen molar-refractivity contribution in [2.45, 2.75) is 39.7 Å². The van der Waals surface area contributed by atoms with Crippen molar-refractivity contribution in [3.8, 4) is 0 Å². The topological polar surface area (TPSA) is 65.5 Å². The third-order valence-electron chi connectivity index (χ3n) is 3.98. The Morgan fingerprint density at radius 3 is 3.00 bits per heavy atom. The summed E-state index contributed by atoms with van der Waals surface area (Å²) in [5, 5.41) is 13.1. The second kappa shape index (κ2) is 6.89. The van der Waals surface area contributed by atoms with Gasteiger partial charge < -0.3 is 15.3 Å². The van der Waals surface area contributed by atoms with Crippen molar-refractivity contribution in [2.75, 3.05) is 25.0 Å². The van der Waals surface area contributed by atoms with Gasteiger partial charge in [0.15, 0.2) is 0 Å². The van der Waals surface area contributed by atoms with E-state index in [9.17, 15) is 9.90 Å². The van der Waals surface area contributed by atoms with E-state index in [0.717, 1.165) is 24.3 Å². The number of nitrogens with zero attached hydrogens (tertiary/aromatic N) is 2. The molecule has 5 nitrogen and oxygen atoms in total. The van der Waals surface area contributed by atoms with Crippen molar-refractivity contribution in [3.05, 3.63) is 23.5 Å². The summed E-state index contributed by atoms with van der Waals surface area (Å²) in [5.41, 5.74) is 2.37. The molecular formula is C16H25N3O2. The minimum Gasteiger partial charge on any atom is -0.393 e. The van der Waals surface area contributed by atoms with Gasteiger partial charge in [-0.1, -0.05) is 13.8 Å². The number of hydrogen-bond donors (Lipinski definition) is 2. The molecular weight excluding hydrogens is 266 g/mol. The molecule has 2 heterocycles. The van der Waals surface area contributed by atoms with Gasteiger partial charge in [0.1, 0.15) is 0 Å². The fraction of sp³-hybridized carbons (Fsp3) is 0.625. The molecule has 1 saturated heterocycles. The van der Waals surface area contributed by atoms with Crippen LogP contribution in [0.2, 0.25) is 0 Å². The minimum absolute atomic E-state index is 0.000136. The summed E-state index contributed by atoms with van der Waals surface area (Å²) in [6.07, 6.45) is 3.00. The smallest absolute Gasteiger partial charge is 0.257 e. The van der Waals surface area contributed by atoms with Crippen molar-refractivity contribution in [3.63, 3.8) is 0 Å². The van der Waals surface area contributed by atoms with Crippen molar-refractivity contribution >= 4 is 11.6 Å². The molecule has 1 aromatic rings. The number of aliphatic hydroxyl groups is 1. The highest BCUT2D eigenvalue weighted by molar-refractivity contribution is 5.99. The van der Waals surface area contributed by atoms with E-state index in [-0.39, 0.29) is 17.9 Å². The number of piperidine rings is 1. The van der Waals surface area contributed by atoms with E-state index in [4.69, 9.17) is 0 Å². The highest BCUT2D eigenvalue weighted by atomic mass is 16.3. The average Bonchev–Trinajstić information content (AvgIpc) is 2.47. The third-order valence-corrected chi connectivity index (χ3v) is 3.98. The molecule has 21 heavy (non-hydrogen) atoms. The van der Waals surface area contributed by atoms with Gasteiger partial charge >= 0.3 is 0 Å². The molecule has 0 saturated carbocycles. The molecule has 1 amide bonds. The molecule has 0 radical (unpaired) electrons. The Kier molecular flexibility index (Phi) is 5.17. The predicted molar refractivity (Wildman–Crippen MR) is 83.4 cm³/mol. The van der Waals surface area contributed by atoms with E-state index in [1.54, 1.807) is 6.20 Å². The molecule has 1 fully saturated rings. The van der Waals surface area contributed by atoms with Gasteiger partial charge in [-0.15, -0.1) is 0 Å². The third kappa shape index (κ3) is 3.73. The Labute approximate surface area is 126 Å². The SMILES string of the molecule is CCCNc1cc(C)ncc1C(=O)N1CCC(O)C(C)C1. The number of aromatic nitrogens is 1. The van der Waals surface area contributed by atoms with E-state index in [1.807, 2.05) is 24.8 Å². The lowest BCUT2D eigenvalue weighted by Crippen LogP contribution is -2.45. The number of amides is 1. The summed E-state index contributed by atoms with van der Waals surface area (Å²) in [5.74, 6) is 0.119. The van der Waals surface area contributed by atoms with Crippen molar-refractivity contribution in [2.24, 2.45) is 5.92 Å². The number of carbonyl (C=O) groups is 1. The minimum atomic E-state index is -0.303. The first kappa shape index (κ1) is 15.8. The molecule has 0 spiro atoms. The highest BCUT2D eigenvalue weighted by Gasteiger charge is 2.28. The fourth-order valence-corrected chi connectivity index (χ4v) is 2.62. The van der Waals surface area contributed by atoms with Gasteiger partial charge in [-0.25, -0.2) is 0 Å². The molecule has 0 aromatic carbocycles. The molecule has 0 aliphatic carbocycles. The standard InChI is InChI=1S/C16H25N3O2/c1-4-6-17-14-8-12(3)18-9-13(14)16(21)19-7-5-15(20)11(2)10-19/h8-9,11,15,20H,4-7,10H2,1-3H3,(H,17,18). The van der Waals surface area contributed by atoms with Crippen LogP contribution < -0.4 is 5.32 Å². The Morgan fingerprint density at radius 1 is 1.57 bits per heavy atom. The average molecular weight is 291 g/mol. The normalized spacial score (nSPS) is 22.2. The van der Waals surface area contributed by atoms with E-state index < -0.39 is 0 Å². The zero-order valence-corrected chi connectivity index (χ0v) is 13.1. The van der Waals surface area contributed by atoms with Gasteiger partial charge in [0, 0.05) is 31.5 Å². The summed E-state index contributed by atoms with van der Waals surface area (Å²) in [6.45, 7) is 8.03. The first-order chi connectivity index (χ1) is 10.0. The summed E-state index contributed by atoms with van der Waals surface area (Å²) in [4.78, 5) is 18.8. The molecule has 116 valence electrons. The number of aryl methyl sites for hydroxylation is 1. The van der Waals surface area contributed by atoms with Crippen LogP contribution in [-0.4, -0.2) is 46.6 Å². The summed E-state index contributed by atoms with van der Waals surface area (Å²) in [6, 6.07) is 1.92. The lowest BCUT2D eigenvalue weighted by Gasteiger charge is -2.34. The van der Waals surface area contributed by atoms with E-state index in [0.29, 0.717) is 25.1 Å². The Bertz CT molecular complexity index is 504. The van der Waals surface area contributed by atoms with Crippen molar-refractivity contribution in [1.29, 1.82) is 0 Å². The lowest BCUT2D eigenvalue weighted by molar-refractivity contribution is 0.0298. The fourth-order valence-electron chi connectivity index (χ4n) is 2.62. The van der Waals surface area contributed by atoms with Crippen LogP contribution in [0, 0.1) is 12.8 Å². The maximum absolute atomic E-state index is 12.7. The van der Waals surface area contributed by atoms with Crippen LogP contribution in [-0.2, 0) is 0 Å². The Morgan fingerprint density at radius 2 is 2.33 bits per heavy atom. The number of hydrogen-bond acceptors (Lipinski definition) is 4. The molecule has 5 heteroatoms. The largest absolute Gasteiger partial charge is 0.393 e. The van der Waals surface area contributed by atoms with E-state index in [1.165, 1.54) is 0 Å². The molecule has 1 aromatic heterocycles. The molecule has 0 bridgehead atoms. The quantitative estimate of drug-likeness (QED) is 0.891. The second-order valence-electron chi connectivity index (χ2n) is 5.88. The van der Waals surface area contributed by atoms with Crippen LogP contribution >= 0.6 is 0 Å². The number of carbonyl (C=O) groups excluding carboxylic acids is 1. The lowest BCUT2D eigenvalue weighted by atomic mass is 9.96. The molecule has 2 unspecified atom stereocenters. The van der Waals surface area contributed by atoms with Crippen LogP contribution in [0.5, 0.6) is 0 Å². The molecule has 2 rings (SSSR count). The maximum Gasteiger partial charge on any atom is 0.257 e. The summed E-state index contributed by atoms with van der Waals surface area (Å²) < 4.78 is 0. The monoisotopic (exact) mass is 291 g/mol. The van der Waals surface area contributed by atoms with Gasteiger partial charge in [0.25, 0.3) is 5.91 Å². The van der Waals surface area contributed by atoms with Crippen LogP contribution in [0.4, 0.5) is 5.69 Å². The number of anilines is 1. The van der Waals surface area contributed by atoms with Crippen LogP contribution in [0.3, 0.4) is 0 Å². The van der Waals surface area contributed by atoms with Crippen molar-refractivity contribution in [1.82, 2.24) is 9.88 Å². The number of pyridine rings is 1. The zero-order valence-electron chi connectivity index (χ0n) is 13.1. The number of rotatable bonds is 4. The van der Waals surface area contributed by atoms with Gasteiger partial charge in [0.05, 0.1) is 17.4 Å². The van der Waals surface area contributed by atoms with Crippen LogP contribution in [0.15, 0.2) is 12.3 Å². The second-order valence-corrected chi connectivity index (χ2v) is 5.88. The Balaban J connectivity index is 2.18. The number of aliphatic hydroxyl groups excluding tert-OH is 1. The predicted octanol–water partition coefficient (Wildman–Crippen LogP) is 2.05. The number of nitrogens with one attached hydrogen (secondary N) is 1. The van der Waals surface area contributed by atoms with Gasteiger partial charge in [-0.2, -0.15) is 0 Å². The van der Waals surface area contributed by atoms with Crippen molar-refractivity contribution < 1.29 is 9.90 Å². The van der Waals surface area contributed by atoms with Crippen LogP contribution in [0.1, 0.15) is 42.7 Å². The molecule has 2 N–H and O–H groups in total. The zero-order chi connectivity index (χ0) is 15.4. The summed E-state index contributed by atoms with van der Waals surface area (Å²) in [7, 11) is 0. The Hall–Kier alpha value is -1.62. The van der Waals surface area contributed by atoms with Gasteiger partial charge in [0.2, 0.25) is 0 Å². The number of likely N-dealkylation sites (tertiary alicyclic amines) is 1. The summed E-state index contributed by atoms with van der Waals surface area (Å²) >= 11 is 0. The van der Waals surface area contributed by atoms with E-state index in [2.05, 4.69) is 17.2 Å². The van der Waals surface area contributed by atoms with E-state index >= 15 is 0 Å². The first-order valence-corrected chi connectivity index (χ1v) is 7.70. The first-order valence-electron chi connectivity index (χ1n) is 7.70.